The molecule has 0 amide bonds. The van der Waals surface area contributed by atoms with E-state index in [4.69, 9.17) is 0 Å². The highest BCUT2D eigenvalue weighted by atomic mass is 14.9. The molecular formula is C19H26N2. The van der Waals surface area contributed by atoms with Gasteiger partial charge >= 0.3 is 0 Å². The minimum absolute atomic E-state index is 0.253. The van der Waals surface area contributed by atoms with Crippen molar-refractivity contribution >= 4 is 0 Å². The fourth-order valence-electron chi connectivity index (χ4n) is 2.67. The second-order valence-electron chi connectivity index (χ2n) is 5.61. The largest absolute Gasteiger partial charge is 0.306 e. The van der Waals surface area contributed by atoms with Crippen molar-refractivity contribution in [2.75, 3.05) is 6.54 Å². The monoisotopic (exact) mass is 282 g/mol. The molecule has 2 heteroatoms. The van der Waals surface area contributed by atoms with Gasteiger partial charge in [0.2, 0.25) is 0 Å². The Labute approximate surface area is 128 Å². The molecule has 112 valence electrons. The standard InChI is InChI=1S/C19H26N2/c1-4-6-16-7-9-17(10-8-16)19(21-12-5-2)18-11-13-20-14-15(18)3/h7-11,13-14,19,21H,4-6,12H2,1-3H3. The number of hydrogen-bond donors (Lipinski definition) is 1. The fraction of sp³-hybridized carbons (Fsp3) is 0.421. The van der Waals surface area contributed by atoms with Crippen molar-refractivity contribution in [2.24, 2.45) is 0 Å². The fourth-order valence-corrected chi connectivity index (χ4v) is 2.67. The summed E-state index contributed by atoms with van der Waals surface area (Å²) in [6.07, 6.45) is 7.31. The first kappa shape index (κ1) is 15.7. The van der Waals surface area contributed by atoms with Crippen LogP contribution in [0.1, 0.15) is 55.0 Å². The highest BCUT2D eigenvalue weighted by Crippen LogP contribution is 2.25. The highest BCUT2D eigenvalue weighted by molar-refractivity contribution is 5.36. The lowest BCUT2D eigenvalue weighted by Crippen LogP contribution is -2.24. The number of aromatic nitrogens is 1. The van der Waals surface area contributed by atoms with Crippen LogP contribution in [0.3, 0.4) is 0 Å². The highest BCUT2D eigenvalue weighted by Gasteiger charge is 2.15. The minimum atomic E-state index is 0.253. The normalized spacial score (nSPS) is 12.3. The number of nitrogens with zero attached hydrogens (tertiary/aromatic N) is 1. The van der Waals surface area contributed by atoms with Gasteiger partial charge in [0.25, 0.3) is 0 Å². The Balaban J connectivity index is 2.29. The minimum Gasteiger partial charge on any atom is -0.306 e. The maximum absolute atomic E-state index is 4.21. The van der Waals surface area contributed by atoms with E-state index in [-0.39, 0.29) is 6.04 Å². The number of benzene rings is 1. The van der Waals surface area contributed by atoms with Gasteiger partial charge in [-0.25, -0.2) is 0 Å². The number of nitrogens with one attached hydrogen (secondary N) is 1. The van der Waals surface area contributed by atoms with E-state index in [0.29, 0.717) is 0 Å². The second kappa shape index (κ2) is 7.94. The second-order valence-corrected chi connectivity index (χ2v) is 5.61. The van der Waals surface area contributed by atoms with Gasteiger partial charge in [0.05, 0.1) is 6.04 Å². The zero-order chi connectivity index (χ0) is 15.1. The third kappa shape index (κ3) is 4.15. The number of hydrogen-bond acceptors (Lipinski definition) is 2. The van der Waals surface area contributed by atoms with Crippen molar-refractivity contribution in [1.29, 1.82) is 0 Å². The summed E-state index contributed by atoms with van der Waals surface area (Å²) >= 11 is 0. The lowest BCUT2D eigenvalue weighted by molar-refractivity contribution is 0.595. The van der Waals surface area contributed by atoms with E-state index in [1.54, 1.807) is 0 Å². The van der Waals surface area contributed by atoms with Crippen LogP contribution in [0, 0.1) is 6.92 Å². The molecule has 0 radical (unpaired) electrons. The molecule has 0 spiro atoms. The Hall–Kier alpha value is -1.67. The van der Waals surface area contributed by atoms with Crippen LogP contribution in [0.15, 0.2) is 42.7 Å². The van der Waals surface area contributed by atoms with E-state index in [1.807, 2.05) is 12.4 Å². The van der Waals surface area contributed by atoms with Crippen molar-refractivity contribution in [1.82, 2.24) is 10.3 Å². The third-order valence-corrected chi connectivity index (χ3v) is 3.82. The van der Waals surface area contributed by atoms with Gasteiger partial charge in [-0.1, -0.05) is 44.5 Å². The molecule has 0 fully saturated rings. The summed E-state index contributed by atoms with van der Waals surface area (Å²) < 4.78 is 0. The summed E-state index contributed by atoms with van der Waals surface area (Å²) in [7, 11) is 0. The van der Waals surface area contributed by atoms with Gasteiger partial charge in [0.1, 0.15) is 0 Å². The summed E-state index contributed by atoms with van der Waals surface area (Å²) in [5.41, 5.74) is 5.31. The molecule has 2 nitrogen and oxygen atoms in total. The average Bonchev–Trinajstić information content (AvgIpc) is 2.51. The molecule has 0 saturated carbocycles. The molecule has 0 aliphatic carbocycles. The summed E-state index contributed by atoms with van der Waals surface area (Å²) in [5.74, 6) is 0. The van der Waals surface area contributed by atoms with Crippen LogP contribution < -0.4 is 5.32 Å². The molecule has 0 aliphatic rings. The SMILES string of the molecule is CCCNC(c1ccc(CCC)cc1)c1ccncc1C. The molecule has 1 unspecified atom stereocenters. The number of aryl methyl sites for hydroxylation is 2. The zero-order valence-electron chi connectivity index (χ0n) is 13.4. The van der Waals surface area contributed by atoms with E-state index in [0.717, 1.165) is 19.4 Å². The van der Waals surface area contributed by atoms with Crippen LogP contribution in [0.2, 0.25) is 0 Å². The molecule has 0 bridgehead atoms. The summed E-state index contributed by atoms with van der Waals surface area (Å²) in [6, 6.07) is 11.4. The predicted molar refractivity (Wildman–Crippen MR) is 89.5 cm³/mol. The van der Waals surface area contributed by atoms with E-state index in [1.165, 1.54) is 28.7 Å². The first-order valence-corrected chi connectivity index (χ1v) is 7.99. The van der Waals surface area contributed by atoms with Crippen LogP contribution >= 0.6 is 0 Å². The van der Waals surface area contributed by atoms with Gasteiger partial charge in [0, 0.05) is 12.4 Å². The van der Waals surface area contributed by atoms with E-state index < -0.39 is 0 Å². The van der Waals surface area contributed by atoms with Crippen molar-refractivity contribution in [2.45, 2.75) is 46.1 Å². The maximum atomic E-state index is 4.21. The third-order valence-electron chi connectivity index (χ3n) is 3.82. The Bertz CT molecular complexity index is 546. The Morgan fingerprint density at radius 2 is 1.81 bits per heavy atom. The maximum Gasteiger partial charge on any atom is 0.0580 e. The summed E-state index contributed by atoms with van der Waals surface area (Å²) in [6.45, 7) is 7.57. The van der Waals surface area contributed by atoms with Crippen molar-refractivity contribution in [3.05, 3.63) is 65.0 Å². The first-order valence-electron chi connectivity index (χ1n) is 7.99. The topological polar surface area (TPSA) is 24.9 Å². The Morgan fingerprint density at radius 1 is 1.05 bits per heavy atom. The van der Waals surface area contributed by atoms with Crippen LogP contribution in [-0.2, 0) is 6.42 Å². The van der Waals surface area contributed by atoms with E-state index in [9.17, 15) is 0 Å². The molecule has 21 heavy (non-hydrogen) atoms. The molecule has 1 atom stereocenters. The van der Waals surface area contributed by atoms with Crippen molar-refractivity contribution in [3.63, 3.8) is 0 Å². The van der Waals surface area contributed by atoms with Gasteiger partial charge in [-0.15, -0.1) is 0 Å². The molecule has 2 aromatic rings. The van der Waals surface area contributed by atoms with Gasteiger partial charge in [-0.3, -0.25) is 4.98 Å². The van der Waals surface area contributed by atoms with Gasteiger partial charge in [-0.05, 0) is 54.6 Å². The Kier molecular flexibility index (Phi) is 5.94. The summed E-state index contributed by atoms with van der Waals surface area (Å²) in [4.78, 5) is 4.21. The molecule has 0 aliphatic heterocycles. The lowest BCUT2D eigenvalue weighted by atomic mass is 9.95. The first-order chi connectivity index (χ1) is 10.3. The van der Waals surface area contributed by atoms with Gasteiger partial charge < -0.3 is 5.32 Å². The predicted octanol–water partition coefficient (Wildman–Crippen LogP) is 4.43. The Morgan fingerprint density at radius 3 is 2.43 bits per heavy atom. The zero-order valence-corrected chi connectivity index (χ0v) is 13.4. The van der Waals surface area contributed by atoms with E-state index >= 15 is 0 Å². The van der Waals surface area contributed by atoms with Crippen molar-refractivity contribution in [3.8, 4) is 0 Å². The molecule has 2 rings (SSSR count). The van der Waals surface area contributed by atoms with Crippen LogP contribution in [0.5, 0.6) is 0 Å². The summed E-state index contributed by atoms with van der Waals surface area (Å²) in [5, 5.41) is 3.67. The average molecular weight is 282 g/mol. The number of rotatable bonds is 7. The number of pyridine rings is 1. The quantitative estimate of drug-likeness (QED) is 0.812. The van der Waals surface area contributed by atoms with Gasteiger partial charge in [0.15, 0.2) is 0 Å². The molecule has 0 saturated heterocycles. The molecule has 1 N–H and O–H groups in total. The van der Waals surface area contributed by atoms with Gasteiger partial charge in [-0.2, -0.15) is 0 Å². The lowest BCUT2D eigenvalue weighted by Gasteiger charge is -2.21. The van der Waals surface area contributed by atoms with Crippen LogP contribution in [0.4, 0.5) is 0 Å². The molecule has 1 aromatic carbocycles. The molecule has 1 aromatic heterocycles. The molecular weight excluding hydrogens is 256 g/mol. The van der Waals surface area contributed by atoms with Crippen LogP contribution in [-0.4, -0.2) is 11.5 Å². The smallest absolute Gasteiger partial charge is 0.0580 e. The molecule has 1 heterocycles. The van der Waals surface area contributed by atoms with Crippen LogP contribution in [0.25, 0.3) is 0 Å². The van der Waals surface area contributed by atoms with Crippen molar-refractivity contribution < 1.29 is 0 Å². The van der Waals surface area contributed by atoms with E-state index in [2.05, 4.69) is 61.4 Å².